The molecule has 0 radical (unpaired) electrons. The lowest BCUT2D eigenvalue weighted by molar-refractivity contribution is -0.115. The van der Waals surface area contributed by atoms with Gasteiger partial charge in [0.2, 0.25) is 5.91 Å². The number of fused-ring (bicyclic) bond motifs is 1. The molecule has 0 atom stereocenters. The van der Waals surface area contributed by atoms with Crippen LogP contribution in [0.15, 0.2) is 72.8 Å². The second kappa shape index (κ2) is 8.82. The SMILES string of the molecule is COc1cccc(CC(=O)Nc2ccccc2CCc2nc3ccccc3n2C)c1. The van der Waals surface area contributed by atoms with E-state index in [-0.39, 0.29) is 5.91 Å². The summed E-state index contributed by atoms with van der Waals surface area (Å²) in [5.74, 6) is 1.75. The Kier molecular flexibility index (Phi) is 5.80. The first-order valence-electron chi connectivity index (χ1n) is 10.0. The summed E-state index contributed by atoms with van der Waals surface area (Å²) < 4.78 is 7.38. The number of amides is 1. The number of benzene rings is 3. The molecule has 0 saturated heterocycles. The highest BCUT2D eigenvalue weighted by atomic mass is 16.5. The molecule has 0 bridgehead atoms. The maximum absolute atomic E-state index is 12.6. The molecule has 30 heavy (non-hydrogen) atoms. The average Bonchev–Trinajstić information content (AvgIpc) is 3.09. The van der Waals surface area contributed by atoms with Crippen LogP contribution in [-0.2, 0) is 31.1 Å². The van der Waals surface area contributed by atoms with E-state index in [4.69, 9.17) is 9.72 Å². The number of para-hydroxylation sites is 3. The second-order valence-corrected chi connectivity index (χ2v) is 7.31. The number of carbonyl (C=O) groups excluding carboxylic acids is 1. The van der Waals surface area contributed by atoms with Gasteiger partial charge in [-0.15, -0.1) is 0 Å². The quantitative estimate of drug-likeness (QED) is 0.496. The number of nitrogens with zero attached hydrogens (tertiary/aromatic N) is 2. The van der Waals surface area contributed by atoms with E-state index in [0.717, 1.165) is 52.3 Å². The van der Waals surface area contributed by atoms with E-state index in [1.54, 1.807) is 7.11 Å². The Balaban J connectivity index is 1.45. The lowest BCUT2D eigenvalue weighted by Gasteiger charge is -2.12. The Bertz CT molecular complexity index is 1180. The first-order valence-corrected chi connectivity index (χ1v) is 10.0. The first kappa shape index (κ1) is 19.7. The number of aromatic nitrogens is 2. The molecule has 1 N–H and O–H groups in total. The Labute approximate surface area is 176 Å². The molecule has 0 aliphatic carbocycles. The van der Waals surface area contributed by atoms with Gasteiger partial charge in [0, 0.05) is 19.2 Å². The Morgan fingerprint density at radius 2 is 1.80 bits per heavy atom. The number of hydrogen-bond acceptors (Lipinski definition) is 3. The largest absolute Gasteiger partial charge is 0.497 e. The minimum absolute atomic E-state index is 0.0431. The zero-order chi connectivity index (χ0) is 20.9. The number of imidazole rings is 1. The zero-order valence-corrected chi connectivity index (χ0v) is 17.3. The first-order chi connectivity index (χ1) is 14.6. The topological polar surface area (TPSA) is 56.1 Å². The number of carbonyl (C=O) groups is 1. The van der Waals surface area contributed by atoms with Crippen molar-refractivity contribution in [3.8, 4) is 5.75 Å². The zero-order valence-electron chi connectivity index (χ0n) is 17.3. The number of ether oxygens (including phenoxy) is 1. The van der Waals surface area contributed by atoms with Crippen LogP contribution < -0.4 is 10.1 Å². The summed E-state index contributed by atoms with van der Waals surface area (Å²) in [4.78, 5) is 17.4. The predicted octanol–water partition coefficient (Wildman–Crippen LogP) is 4.55. The number of hydrogen-bond donors (Lipinski definition) is 1. The van der Waals surface area contributed by atoms with Crippen molar-refractivity contribution < 1.29 is 9.53 Å². The number of aryl methyl sites for hydroxylation is 3. The smallest absolute Gasteiger partial charge is 0.228 e. The van der Waals surface area contributed by atoms with Crippen molar-refractivity contribution in [2.75, 3.05) is 12.4 Å². The predicted molar refractivity (Wildman–Crippen MR) is 120 cm³/mol. The van der Waals surface area contributed by atoms with Crippen molar-refractivity contribution in [2.45, 2.75) is 19.3 Å². The van der Waals surface area contributed by atoms with Crippen molar-refractivity contribution in [1.29, 1.82) is 0 Å². The van der Waals surface area contributed by atoms with Gasteiger partial charge in [-0.3, -0.25) is 4.79 Å². The molecule has 0 fully saturated rings. The van der Waals surface area contributed by atoms with Gasteiger partial charge < -0.3 is 14.6 Å². The van der Waals surface area contributed by atoms with Crippen molar-refractivity contribution in [1.82, 2.24) is 9.55 Å². The van der Waals surface area contributed by atoms with Crippen LogP contribution in [0.2, 0.25) is 0 Å². The van der Waals surface area contributed by atoms with Gasteiger partial charge in [0.1, 0.15) is 11.6 Å². The second-order valence-electron chi connectivity index (χ2n) is 7.31. The molecule has 5 nitrogen and oxygen atoms in total. The molecule has 0 unspecified atom stereocenters. The minimum atomic E-state index is -0.0431. The Morgan fingerprint density at radius 1 is 1.00 bits per heavy atom. The van der Waals surface area contributed by atoms with Crippen LogP contribution >= 0.6 is 0 Å². The van der Waals surface area contributed by atoms with E-state index in [1.807, 2.05) is 67.7 Å². The van der Waals surface area contributed by atoms with Gasteiger partial charge in [-0.2, -0.15) is 0 Å². The summed E-state index contributed by atoms with van der Waals surface area (Å²) in [6.07, 6.45) is 1.90. The fourth-order valence-electron chi connectivity index (χ4n) is 3.69. The van der Waals surface area contributed by atoms with Crippen molar-refractivity contribution in [3.63, 3.8) is 0 Å². The van der Waals surface area contributed by atoms with Gasteiger partial charge in [-0.25, -0.2) is 4.98 Å². The molecule has 4 aromatic rings. The molecule has 1 amide bonds. The third-order valence-corrected chi connectivity index (χ3v) is 5.29. The minimum Gasteiger partial charge on any atom is -0.497 e. The van der Waals surface area contributed by atoms with Gasteiger partial charge in [0.25, 0.3) is 0 Å². The molecule has 0 aliphatic rings. The lowest BCUT2D eigenvalue weighted by atomic mass is 10.1. The van der Waals surface area contributed by atoms with Gasteiger partial charge in [0.15, 0.2) is 0 Å². The van der Waals surface area contributed by atoms with Crippen LogP contribution in [0.25, 0.3) is 11.0 Å². The molecule has 4 rings (SSSR count). The average molecular weight is 399 g/mol. The summed E-state index contributed by atoms with van der Waals surface area (Å²) in [6, 6.07) is 23.7. The highest BCUT2D eigenvalue weighted by Crippen LogP contribution is 2.20. The van der Waals surface area contributed by atoms with Crippen molar-refractivity contribution in [3.05, 3.63) is 89.7 Å². The molecule has 152 valence electrons. The summed E-state index contributed by atoms with van der Waals surface area (Å²) in [6.45, 7) is 0. The molecule has 3 aromatic carbocycles. The maximum atomic E-state index is 12.6. The van der Waals surface area contributed by atoms with Crippen LogP contribution in [0.3, 0.4) is 0 Å². The van der Waals surface area contributed by atoms with Crippen LogP contribution in [0.1, 0.15) is 17.0 Å². The van der Waals surface area contributed by atoms with Crippen LogP contribution in [0.5, 0.6) is 5.75 Å². The van der Waals surface area contributed by atoms with Gasteiger partial charge in [0.05, 0.1) is 24.6 Å². The summed E-state index contributed by atoms with van der Waals surface area (Å²) in [5.41, 5.74) is 5.01. The molecular formula is C25H25N3O2. The van der Waals surface area contributed by atoms with E-state index in [1.165, 1.54) is 0 Å². The fraction of sp³-hybridized carbons (Fsp3) is 0.200. The van der Waals surface area contributed by atoms with E-state index >= 15 is 0 Å². The maximum Gasteiger partial charge on any atom is 0.228 e. The van der Waals surface area contributed by atoms with Gasteiger partial charge in [-0.05, 0) is 47.9 Å². The molecule has 1 aromatic heterocycles. The number of nitrogens with one attached hydrogen (secondary N) is 1. The van der Waals surface area contributed by atoms with Crippen LogP contribution in [-0.4, -0.2) is 22.6 Å². The standard InChI is InChI=1S/C25H25N3O2/c1-28-23-13-6-5-12-22(23)26-24(28)15-14-19-9-3-4-11-21(19)27-25(29)17-18-8-7-10-20(16-18)30-2/h3-13,16H,14-15,17H2,1-2H3,(H,27,29). The number of rotatable bonds is 7. The third kappa shape index (κ3) is 4.35. The molecule has 0 aliphatic heterocycles. The van der Waals surface area contributed by atoms with E-state index in [2.05, 4.69) is 22.0 Å². The molecule has 1 heterocycles. The Hall–Kier alpha value is -3.60. The van der Waals surface area contributed by atoms with Crippen molar-refractivity contribution >= 4 is 22.6 Å². The van der Waals surface area contributed by atoms with E-state index in [0.29, 0.717) is 6.42 Å². The monoisotopic (exact) mass is 399 g/mol. The van der Waals surface area contributed by atoms with Crippen LogP contribution in [0.4, 0.5) is 5.69 Å². The van der Waals surface area contributed by atoms with E-state index in [9.17, 15) is 4.79 Å². The number of methoxy groups -OCH3 is 1. The highest BCUT2D eigenvalue weighted by Gasteiger charge is 2.11. The third-order valence-electron chi connectivity index (χ3n) is 5.29. The fourth-order valence-corrected chi connectivity index (χ4v) is 3.69. The Morgan fingerprint density at radius 3 is 2.63 bits per heavy atom. The van der Waals surface area contributed by atoms with Gasteiger partial charge in [-0.1, -0.05) is 42.5 Å². The highest BCUT2D eigenvalue weighted by molar-refractivity contribution is 5.93. The summed E-state index contributed by atoms with van der Waals surface area (Å²) in [7, 11) is 3.67. The van der Waals surface area contributed by atoms with E-state index < -0.39 is 0 Å². The number of anilines is 1. The molecule has 0 saturated carbocycles. The molecule has 5 heteroatoms. The normalized spacial score (nSPS) is 10.9. The van der Waals surface area contributed by atoms with Crippen molar-refractivity contribution in [2.24, 2.45) is 7.05 Å². The summed E-state index contributed by atoms with van der Waals surface area (Å²) in [5, 5.41) is 3.07. The van der Waals surface area contributed by atoms with Crippen LogP contribution in [0, 0.1) is 0 Å². The lowest BCUT2D eigenvalue weighted by Crippen LogP contribution is -2.16. The summed E-state index contributed by atoms with van der Waals surface area (Å²) >= 11 is 0. The molecular weight excluding hydrogens is 374 g/mol. The van der Waals surface area contributed by atoms with Gasteiger partial charge >= 0.3 is 0 Å². The molecule has 0 spiro atoms.